The topological polar surface area (TPSA) is 84.0 Å². The van der Waals surface area contributed by atoms with Crippen LogP contribution in [0.15, 0.2) is 53.5 Å². The third kappa shape index (κ3) is 8.03. The Hall–Kier alpha value is -2.49. The van der Waals surface area contributed by atoms with Crippen molar-refractivity contribution in [3.8, 4) is 5.75 Å². The summed E-state index contributed by atoms with van der Waals surface area (Å²) in [6, 6.07) is 15.4. The molecule has 0 aliphatic rings. The number of aliphatic imine (C=N–C) groups is 1. The molecule has 0 aliphatic carbocycles. The van der Waals surface area contributed by atoms with Crippen LogP contribution < -0.4 is 20.7 Å². The molecule has 2 aromatic rings. The van der Waals surface area contributed by atoms with E-state index < -0.39 is 6.09 Å². The van der Waals surface area contributed by atoms with Crippen LogP contribution in [-0.2, 0) is 17.8 Å². The molecule has 7 nitrogen and oxygen atoms in total. The number of guanidine groups is 1. The first kappa shape index (κ1) is 23.5. The number of halogens is 1. The zero-order chi connectivity index (χ0) is 19.5. The Morgan fingerprint density at radius 1 is 0.964 bits per heavy atom. The van der Waals surface area contributed by atoms with Crippen molar-refractivity contribution in [1.82, 2.24) is 10.6 Å². The van der Waals surface area contributed by atoms with Crippen LogP contribution in [0.25, 0.3) is 0 Å². The van der Waals surface area contributed by atoms with E-state index in [1.807, 2.05) is 55.5 Å². The highest BCUT2D eigenvalue weighted by atomic mass is 127. The third-order valence-electron chi connectivity index (χ3n) is 3.77. The van der Waals surface area contributed by atoms with Gasteiger partial charge in [0.15, 0.2) is 5.96 Å². The summed E-state index contributed by atoms with van der Waals surface area (Å²) in [7, 11) is 2.99. The van der Waals surface area contributed by atoms with Crippen LogP contribution in [0.2, 0.25) is 0 Å². The van der Waals surface area contributed by atoms with Crippen LogP contribution in [0.1, 0.15) is 18.1 Å². The highest BCUT2D eigenvalue weighted by molar-refractivity contribution is 14.0. The zero-order valence-electron chi connectivity index (χ0n) is 16.3. The maximum Gasteiger partial charge on any atom is 0.411 e. The van der Waals surface area contributed by atoms with Gasteiger partial charge in [0.25, 0.3) is 0 Å². The Morgan fingerprint density at radius 3 is 2.18 bits per heavy atom. The molecule has 2 rings (SSSR count). The van der Waals surface area contributed by atoms with Crippen molar-refractivity contribution in [3.63, 3.8) is 0 Å². The van der Waals surface area contributed by atoms with Gasteiger partial charge in [0, 0.05) is 18.8 Å². The lowest BCUT2D eigenvalue weighted by atomic mass is 10.2. The van der Waals surface area contributed by atoms with Gasteiger partial charge in [-0.05, 0) is 42.3 Å². The Balaban J connectivity index is 0.00000392. The van der Waals surface area contributed by atoms with Gasteiger partial charge in [-0.25, -0.2) is 9.79 Å². The summed E-state index contributed by atoms with van der Waals surface area (Å²) in [4.78, 5) is 15.8. The van der Waals surface area contributed by atoms with Crippen LogP contribution in [0.4, 0.5) is 10.5 Å². The summed E-state index contributed by atoms with van der Waals surface area (Å²) in [5.41, 5.74) is 2.86. The monoisotopic (exact) mass is 498 g/mol. The molecule has 0 saturated heterocycles. The van der Waals surface area contributed by atoms with E-state index in [1.54, 1.807) is 7.11 Å². The number of nitrogens with one attached hydrogen (secondary N) is 3. The number of hydrogen-bond acceptors (Lipinski definition) is 4. The molecule has 0 bridgehead atoms. The SMILES string of the molecule is CCNC(=NCc1ccc(OC)cc1)NCc1ccc(NC(=O)OC)cc1.I. The van der Waals surface area contributed by atoms with Crippen molar-refractivity contribution in [1.29, 1.82) is 0 Å². The minimum absolute atomic E-state index is 0. The molecular weight excluding hydrogens is 471 g/mol. The standard InChI is InChI=1S/C20H26N4O3.HI/c1-4-21-19(23-14-16-7-11-18(26-2)12-8-16)22-13-15-5-9-17(10-6-15)24-20(25)27-3;/h5-12H,4,13-14H2,1-3H3,(H,24,25)(H2,21,22,23);1H. The molecule has 0 radical (unpaired) electrons. The van der Waals surface area contributed by atoms with Gasteiger partial charge in [-0.2, -0.15) is 0 Å². The van der Waals surface area contributed by atoms with Gasteiger partial charge < -0.3 is 20.1 Å². The van der Waals surface area contributed by atoms with Crippen LogP contribution in [0.3, 0.4) is 0 Å². The van der Waals surface area contributed by atoms with E-state index >= 15 is 0 Å². The Morgan fingerprint density at radius 2 is 1.61 bits per heavy atom. The fraction of sp³-hybridized carbons (Fsp3) is 0.300. The molecule has 0 fully saturated rings. The van der Waals surface area contributed by atoms with E-state index in [0.29, 0.717) is 18.8 Å². The Bertz CT molecular complexity index is 749. The van der Waals surface area contributed by atoms with Gasteiger partial charge in [-0.15, -0.1) is 24.0 Å². The number of carbonyl (C=O) groups is 1. The van der Waals surface area contributed by atoms with Crippen molar-refractivity contribution >= 4 is 41.7 Å². The Labute approximate surface area is 182 Å². The number of benzene rings is 2. The molecule has 152 valence electrons. The van der Waals surface area contributed by atoms with Crippen molar-refractivity contribution in [3.05, 3.63) is 59.7 Å². The molecule has 0 heterocycles. The molecule has 0 unspecified atom stereocenters. The number of carbonyl (C=O) groups excluding carboxylic acids is 1. The molecule has 8 heteroatoms. The predicted octanol–water partition coefficient (Wildman–Crippen LogP) is 3.75. The quantitative estimate of drug-likeness (QED) is 0.308. The van der Waals surface area contributed by atoms with E-state index in [-0.39, 0.29) is 24.0 Å². The number of hydrogen-bond donors (Lipinski definition) is 3. The number of anilines is 1. The summed E-state index contributed by atoms with van der Waals surface area (Å²) >= 11 is 0. The maximum absolute atomic E-state index is 11.2. The highest BCUT2D eigenvalue weighted by Gasteiger charge is 2.02. The molecule has 28 heavy (non-hydrogen) atoms. The first-order valence-corrected chi connectivity index (χ1v) is 8.73. The van der Waals surface area contributed by atoms with E-state index in [4.69, 9.17) is 4.74 Å². The summed E-state index contributed by atoms with van der Waals surface area (Å²) in [6.45, 7) is 3.99. The molecule has 0 spiro atoms. The van der Waals surface area contributed by atoms with Gasteiger partial charge in [-0.3, -0.25) is 5.32 Å². The number of nitrogens with zero attached hydrogens (tertiary/aromatic N) is 1. The molecule has 2 aromatic carbocycles. The largest absolute Gasteiger partial charge is 0.497 e. The summed E-state index contributed by atoms with van der Waals surface area (Å²) in [5.74, 6) is 1.57. The van der Waals surface area contributed by atoms with Gasteiger partial charge in [0.05, 0.1) is 20.8 Å². The van der Waals surface area contributed by atoms with Crippen LogP contribution in [0.5, 0.6) is 5.75 Å². The summed E-state index contributed by atoms with van der Waals surface area (Å²) in [5, 5.41) is 9.16. The molecule has 0 atom stereocenters. The lowest BCUT2D eigenvalue weighted by molar-refractivity contribution is 0.187. The predicted molar refractivity (Wildman–Crippen MR) is 123 cm³/mol. The number of amides is 1. The molecule has 0 aliphatic heterocycles. The van der Waals surface area contributed by atoms with Gasteiger partial charge in [-0.1, -0.05) is 24.3 Å². The second-order valence-corrected chi connectivity index (χ2v) is 5.71. The molecular formula is C20H27IN4O3. The van der Waals surface area contributed by atoms with Crippen molar-refractivity contribution < 1.29 is 14.3 Å². The van der Waals surface area contributed by atoms with Crippen LogP contribution >= 0.6 is 24.0 Å². The maximum atomic E-state index is 11.2. The van der Waals surface area contributed by atoms with Gasteiger partial charge >= 0.3 is 6.09 Å². The fourth-order valence-corrected chi connectivity index (χ4v) is 2.30. The second kappa shape index (κ2) is 12.8. The fourth-order valence-electron chi connectivity index (χ4n) is 2.30. The normalized spacial score (nSPS) is 10.5. The smallest absolute Gasteiger partial charge is 0.411 e. The molecule has 0 aromatic heterocycles. The number of rotatable bonds is 7. The van der Waals surface area contributed by atoms with Gasteiger partial charge in [0.1, 0.15) is 5.75 Å². The number of methoxy groups -OCH3 is 2. The molecule has 3 N–H and O–H groups in total. The van der Waals surface area contributed by atoms with Gasteiger partial charge in [0.2, 0.25) is 0 Å². The highest BCUT2D eigenvalue weighted by Crippen LogP contribution is 2.12. The second-order valence-electron chi connectivity index (χ2n) is 5.71. The van der Waals surface area contributed by atoms with E-state index in [0.717, 1.165) is 29.4 Å². The van der Waals surface area contributed by atoms with E-state index in [9.17, 15) is 4.79 Å². The van der Waals surface area contributed by atoms with Crippen molar-refractivity contribution in [2.24, 2.45) is 4.99 Å². The minimum atomic E-state index is -0.485. The van der Waals surface area contributed by atoms with Crippen molar-refractivity contribution in [2.45, 2.75) is 20.0 Å². The molecule has 0 saturated carbocycles. The lowest BCUT2D eigenvalue weighted by Crippen LogP contribution is -2.36. The summed E-state index contributed by atoms with van der Waals surface area (Å²) in [6.07, 6.45) is -0.485. The first-order chi connectivity index (χ1) is 13.1. The van der Waals surface area contributed by atoms with Crippen LogP contribution in [-0.4, -0.2) is 32.8 Å². The summed E-state index contributed by atoms with van der Waals surface area (Å²) < 4.78 is 9.74. The average Bonchev–Trinajstić information content (AvgIpc) is 2.71. The first-order valence-electron chi connectivity index (χ1n) is 8.73. The average molecular weight is 498 g/mol. The Kier molecular flexibility index (Phi) is 10.8. The number of ether oxygens (including phenoxy) is 2. The lowest BCUT2D eigenvalue weighted by Gasteiger charge is -2.12. The molecule has 1 amide bonds. The van der Waals surface area contributed by atoms with Crippen LogP contribution in [0, 0.1) is 0 Å². The van der Waals surface area contributed by atoms with Crippen molar-refractivity contribution in [2.75, 3.05) is 26.1 Å². The zero-order valence-corrected chi connectivity index (χ0v) is 18.7. The van der Waals surface area contributed by atoms with E-state index in [2.05, 4.69) is 25.7 Å². The minimum Gasteiger partial charge on any atom is -0.497 e. The third-order valence-corrected chi connectivity index (χ3v) is 3.77. The van der Waals surface area contributed by atoms with E-state index in [1.165, 1.54) is 7.11 Å².